The van der Waals surface area contributed by atoms with Gasteiger partial charge in [-0.2, -0.15) is 32.4 Å². The van der Waals surface area contributed by atoms with Crippen LogP contribution < -0.4 is 0 Å². The summed E-state index contributed by atoms with van der Waals surface area (Å²) >= 11 is 0. The van der Waals surface area contributed by atoms with E-state index in [0.29, 0.717) is 12.5 Å². The molecule has 115 valence electrons. The van der Waals surface area contributed by atoms with Gasteiger partial charge in [0.1, 0.15) is 0 Å². The average Bonchev–Trinajstić information content (AvgIpc) is 2.76. The van der Waals surface area contributed by atoms with E-state index in [2.05, 4.69) is 14.6 Å². The zero-order valence-corrected chi connectivity index (χ0v) is 11.1. The van der Waals surface area contributed by atoms with Gasteiger partial charge in [0.2, 0.25) is 0 Å². The maximum Gasteiger partial charge on any atom is 0.378 e. The number of alkyl halides is 8. The van der Waals surface area contributed by atoms with Crippen LogP contribution in [0.5, 0.6) is 0 Å². The predicted molar refractivity (Wildman–Crippen MR) is 40.7 cm³/mol. The number of hydrogen-bond donors (Lipinski definition) is 0. The van der Waals surface area contributed by atoms with Crippen molar-refractivity contribution < 1.29 is 59.6 Å². The molecule has 0 aromatic carbocycles. The average molecular weight is 485 g/mol. The maximum atomic E-state index is 13.3. The van der Waals surface area contributed by atoms with Gasteiger partial charge in [-0.25, -0.2) is 13.9 Å². The smallest absolute Gasteiger partial charge is 0.378 e. The molecule has 1 heterocycles. The number of halogens is 8. The van der Waals surface area contributed by atoms with Gasteiger partial charge >= 0.3 is 17.8 Å². The molecule has 0 fully saturated rings. The fourth-order valence-electron chi connectivity index (χ4n) is 1.34. The zero-order chi connectivity index (χ0) is 14.7. The third-order valence-electron chi connectivity index (χ3n) is 2.35. The molecule has 0 bridgehead atoms. The first kappa shape index (κ1) is 17.0. The second kappa shape index (κ2) is 4.48. The summed E-state index contributed by atoms with van der Waals surface area (Å²) in [5.41, 5.74) is -2.27. The van der Waals surface area contributed by atoms with Crippen LogP contribution in [-0.4, -0.2) is 33.9 Å². The minimum absolute atomic E-state index is 0. The van der Waals surface area contributed by atoms with Gasteiger partial charge in [0.25, 0.3) is 5.92 Å². The molecule has 1 aliphatic rings. The van der Waals surface area contributed by atoms with Crippen LogP contribution >= 0.6 is 0 Å². The molecule has 3 nitrogen and oxygen atoms in total. The summed E-state index contributed by atoms with van der Waals surface area (Å²) in [6.07, 6.45) is 0.716. The fourth-order valence-corrected chi connectivity index (χ4v) is 1.34. The second-order valence-corrected chi connectivity index (χ2v) is 3.54. The van der Waals surface area contributed by atoms with E-state index in [1.807, 2.05) is 0 Å². The first-order chi connectivity index (χ1) is 8.45. The van der Waals surface area contributed by atoms with Crippen molar-refractivity contribution in [3.8, 4) is 0 Å². The van der Waals surface area contributed by atoms with Crippen LogP contribution in [0.15, 0.2) is 10.8 Å². The van der Waals surface area contributed by atoms with E-state index in [0.717, 1.165) is 0 Å². The van der Waals surface area contributed by atoms with Crippen molar-refractivity contribution in [2.24, 2.45) is 0 Å². The zero-order valence-electron chi connectivity index (χ0n) is 8.74. The molecular weight excluding hydrogens is 484 g/mol. The van der Waals surface area contributed by atoms with Crippen molar-refractivity contribution in [1.29, 1.82) is 0 Å². The van der Waals surface area contributed by atoms with Crippen LogP contribution in [-0.2, 0) is 20.1 Å². The summed E-state index contributed by atoms with van der Waals surface area (Å²) in [4.78, 5) is 0. The van der Waals surface area contributed by atoms with Crippen molar-refractivity contribution in [1.82, 2.24) is 10.2 Å². The largest absolute Gasteiger partial charge is 0.516 e. The SMILES string of the molecule is FC1(F)[C-]=C(c2nnco2)C(F)(F)C(F)(F)C1(F)F.[Ir]. The Morgan fingerprint density at radius 1 is 0.950 bits per heavy atom. The van der Waals surface area contributed by atoms with E-state index in [1.54, 1.807) is 0 Å². The number of rotatable bonds is 1. The molecule has 0 spiro atoms. The van der Waals surface area contributed by atoms with E-state index < -0.39 is 35.2 Å². The van der Waals surface area contributed by atoms with Crippen molar-refractivity contribution in [2.75, 3.05) is 0 Å². The van der Waals surface area contributed by atoms with Gasteiger partial charge in [-0.3, -0.25) is 0 Å². The van der Waals surface area contributed by atoms with E-state index in [-0.39, 0.29) is 20.1 Å². The molecular formula is C8HF8IrN2O-. The van der Waals surface area contributed by atoms with Gasteiger partial charge in [0.05, 0.1) is 5.89 Å². The molecule has 0 atom stereocenters. The summed E-state index contributed by atoms with van der Waals surface area (Å²) in [6, 6.07) is 0. The normalized spacial score (nSPS) is 25.5. The summed E-state index contributed by atoms with van der Waals surface area (Å²) < 4.78 is 108. The Bertz CT molecular complexity index is 527. The number of nitrogens with zero attached hydrogens (tertiary/aromatic N) is 2. The molecule has 0 saturated heterocycles. The first-order valence-electron chi connectivity index (χ1n) is 4.38. The standard InChI is InChI=1S/C8HF8N2O.Ir/c9-5(10)1-3(4-18-17-2-19-4)6(11,12)8(15,16)7(5,13)14;/h2H;/q-1;. The molecule has 20 heavy (non-hydrogen) atoms. The molecule has 1 aliphatic carbocycles. The molecule has 0 aliphatic heterocycles. The van der Waals surface area contributed by atoms with Crippen LogP contribution in [0.25, 0.3) is 5.57 Å². The monoisotopic (exact) mass is 486 g/mol. The Balaban J connectivity index is 0.00000200. The van der Waals surface area contributed by atoms with Crippen molar-refractivity contribution in [3.63, 3.8) is 0 Å². The Kier molecular flexibility index (Phi) is 3.82. The van der Waals surface area contributed by atoms with Gasteiger partial charge in [-0.1, -0.05) is 5.57 Å². The first-order valence-corrected chi connectivity index (χ1v) is 4.38. The Morgan fingerprint density at radius 2 is 1.50 bits per heavy atom. The van der Waals surface area contributed by atoms with Gasteiger partial charge in [0, 0.05) is 20.1 Å². The molecule has 1 aromatic rings. The molecule has 0 amide bonds. The van der Waals surface area contributed by atoms with Gasteiger partial charge in [0.15, 0.2) is 6.39 Å². The number of allylic oxidation sites excluding steroid dienone is 2. The Labute approximate surface area is 118 Å². The van der Waals surface area contributed by atoms with Gasteiger partial charge in [-0.15, -0.1) is 5.10 Å². The summed E-state index contributed by atoms with van der Waals surface area (Å²) in [5.74, 6) is -25.4. The number of hydrogen-bond acceptors (Lipinski definition) is 3. The van der Waals surface area contributed by atoms with Crippen molar-refractivity contribution in [2.45, 2.75) is 23.7 Å². The Morgan fingerprint density at radius 3 is 1.95 bits per heavy atom. The van der Waals surface area contributed by atoms with Crippen LogP contribution in [0, 0.1) is 6.08 Å². The summed E-state index contributed by atoms with van der Waals surface area (Å²) in [6.45, 7) is 0. The van der Waals surface area contributed by atoms with Crippen molar-refractivity contribution >= 4 is 5.57 Å². The van der Waals surface area contributed by atoms with Crippen LogP contribution in [0.2, 0.25) is 0 Å². The minimum Gasteiger partial charge on any atom is -0.516 e. The van der Waals surface area contributed by atoms with E-state index >= 15 is 0 Å². The molecule has 1 radical (unpaired) electrons. The third-order valence-corrected chi connectivity index (χ3v) is 2.35. The quantitative estimate of drug-likeness (QED) is 0.454. The molecule has 2 rings (SSSR count). The predicted octanol–water partition coefficient (Wildman–Crippen LogP) is 2.81. The topological polar surface area (TPSA) is 38.9 Å². The number of aromatic nitrogens is 2. The van der Waals surface area contributed by atoms with Gasteiger partial charge in [-0.05, 0) is 0 Å². The van der Waals surface area contributed by atoms with Gasteiger partial charge < -0.3 is 4.42 Å². The molecule has 0 saturated carbocycles. The fraction of sp³-hybridized carbons (Fsp3) is 0.500. The van der Waals surface area contributed by atoms with Crippen LogP contribution in [0.1, 0.15) is 5.89 Å². The second-order valence-electron chi connectivity index (χ2n) is 3.54. The van der Waals surface area contributed by atoms with E-state index in [4.69, 9.17) is 0 Å². The summed E-state index contributed by atoms with van der Waals surface area (Å²) in [5, 5.41) is 5.51. The molecule has 1 aromatic heterocycles. The van der Waals surface area contributed by atoms with Crippen LogP contribution in [0.3, 0.4) is 0 Å². The molecule has 12 heteroatoms. The van der Waals surface area contributed by atoms with Crippen LogP contribution in [0.4, 0.5) is 35.1 Å². The van der Waals surface area contributed by atoms with E-state index in [1.165, 1.54) is 0 Å². The van der Waals surface area contributed by atoms with E-state index in [9.17, 15) is 35.1 Å². The minimum atomic E-state index is -6.35. The molecule has 0 N–H and O–H groups in total. The van der Waals surface area contributed by atoms with Crippen molar-refractivity contribution in [3.05, 3.63) is 18.4 Å². The Hall–Kier alpha value is -1.03. The third kappa shape index (κ3) is 1.88. The summed E-state index contributed by atoms with van der Waals surface area (Å²) in [7, 11) is 0. The maximum absolute atomic E-state index is 13.3. The molecule has 0 unspecified atom stereocenters.